The number of terminal acetylenes is 1. The highest BCUT2D eigenvalue weighted by molar-refractivity contribution is 7.99. The van der Waals surface area contributed by atoms with Gasteiger partial charge in [0.05, 0.1) is 0 Å². The van der Waals surface area contributed by atoms with Crippen LogP contribution >= 0.6 is 11.8 Å². The average Bonchev–Trinajstić information content (AvgIpc) is 2.06. The molecule has 0 aliphatic carbocycles. The topological polar surface area (TPSA) is 0 Å². The summed E-state index contributed by atoms with van der Waals surface area (Å²) in [7, 11) is 0. The van der Waals surface area contributed by atoms with Crippen molar-refractivity contribution in [1.29, 1.82) is 0 Å². The van der Waals surface area contributed by atoms with Gasteiger partial charge in [-0.25, -0.2) is 0 Å². The first-order valence-corrected chi connectivity index (χ1v) is 5.61. The molecule has 0 fully saturated rings. The van der Waals surface area contributed by atoms with Crippen LogP contribution in [0.4, 0.5) is 0 Å². The third-order valence-corrected chi connectivity index (χ3v) is 3.23. The van der Waals surface area contributed by atoms with Crippen LogP contribution in [-0.4, -0.2) is 11.5 Å². The van der Waals surface area contributed by atoms with E-state index in [2.05, 4.69) is 39.0 Å². The standard InChI is InChI=1S/C11H18S/c1-6-8-10(4)11(12-5)9(3)7-2/h2,8-9,11H,6H2,1,3-5H3/b10-8-. The number of allylic oxidation sites excluding steroid dienone is 1. The van der Waals surface area contributed by atoms with Crippen molar-refractivity contribution in [1.82, 2.24) is 0 Å². The van der Waals surface area contributed by atoms with Crippen LogP contribution < -0.4 is 0 Å². The first-order valence-electron chi connectivity index (χ1n) is 4.32. The van der Waals surface area contributed by atoms with Gasteiger partial charge in [-0.05, 0) is 19.6 Å². The molecule has 0 spiro atoms. The highest BCUT2D eigenvalue weighted by Crippen LogP contribution is 2.24. The maximum Gasteiger partial charge on any atom is 0.0386 e. The van der Waals surface area contributed by atoms with E-state index in [4.69, 9.17) is 6.42 Å². The molecule has 68 valence electrons. The summed E-state index contributed by atoms with van der Waals surface area (Å²) < 4.78 is 0. The van der Waals surface area contributed by atoms with Crippen molar-refractivity contribution < 1.29 is 0 Å². The van der Waals surface area contributed by atoms with E-state index in [9.17, 15) is 0 Å². The van der Waals surface area contributed by atoms with Gasteiger partial charge >= 0.3 is 0 Å². The van der Waals surface area contributed by atoms with Gasteiger partial charge in [-0.1, -0.05) is 25.5 Å². The molecular formula is C11H18S. The summed E-state index contributed by atoms with van der Waals surface area (Å²) in [5.41, 5.74) is 1.41. The van der Waals surface area contributed by atoms with Gasteiger partial charge < -0.3 is 0 Å². The van der Waals surface area contributed by atoms with E-state index in [0.717, 1.165) is 6.42 Å². The van der Waals surface area contributed by atoms with E-state index >= 15 is 0 Å². The van der Waals surface area contributed by atoms with Gasteiger partial charge in [-0.2, -0.15) is 11.8 Å². The SMILES string of the molecule is C#CC(C)C(SC)/C(C)=C\CC. The number of rotatable bonds is 4. The van der Waals surface area contributed by atoms with Crippen LogP contribution in [0.15, 0.2) is 11.6 Å². The maximum atomic E-state index is 5.39. The number of hydrogen-bond donors (Lipinski definition) is 0. The van der Waals surface area contributed by atoms with Crippen molar-refractivity contribution in [2.75, 3.05) is 6.26 Å². The molecule has 12 heavy (non-hydrogen) atoms. The second-order valence-electron chi connectivity index (χ2n) is 2.97. The lowest BCUT2D eigenvalue weighted by Gasteiger charge is -2.18. The molecule has 0 saturated heterocycles. The van der Waals surface area contributed by atoms with Crippen molar-refractivity contribution >= 4 is 11.8 Å². The molecule has 0 nitrogen and oxygen atoms in total. The van der Waals surface area contributed by atoms with E-state index in [1.54, 1.807) is 0 Å². The zero-order chi connectivity index (χ0) is 9.56. The Bertz CT molecular complexity index is 186. The van der Waals surface area contributed by atoms with E-state index in [1.807, 2.05) is 11.8 Å². The van der Waals surface area contributed by atoms with E-state index in [0.29, 0.717) is 11.2 Å². The monoisotopic (exact) mass is 182 g/mol. The predicted molar refractivity (Wildman–Crippen MR) is 59.3 cm³/mol. The Morgan fingerprint density at radius 2 is 2.25 bits per heavy atom. The molecule has 0 aromatic rings. The van der Waals surface area contributed by atoms with Crippen LogP contribution in [-0.2, 0) is 0 Å². The fourth-order valence-corrected chi connectivity index (χ4v) is 2.26. The van der Waals surface area contributed by atoms with Crippen LogP contribution in [0.3, 0.4) is 0 Å². The van der Waals surface area contributed by atoms with Gasteiger partial charge in [-0.15, -0.1) is 12.3 Å². The Balaban J connectivity index is 4.36. The maximum absolute atomic E-state index is 5.39. The second-order valence-corrected chi connectivity index (χ2v) is 3.95. The normalized spacial score (nSPS) is 16.8. The van der Waals surface area contributed by atoms with Crippen molar-refractivity contribution in [3.05, 3.63) is 11.6 Å². The van der Waals surface area contributed by atoms with Crippen LogP contribution in [0.25, 0.3) is 0 Å². The molecule has 2 unspecified atom stereocenters. The fourth-order valence-electron chi connectivity index (χ4n) is 1.31. The third kappa shape index (κ3) is 3.36. The summed E-state index contributed by atoms with van der Waals surface area (Å²) in [5.74, 6) is 3.13. The number of thioether (sulfide) groups is 1. The van der Waals surface area contributed by atoms with Gasteiger partial charge in [-0.3, -0.25) is 0 Å². The fraction of sp³-hybridized carbons (Fsp3) is 0.636. The van der Waals surface area contributed by atoms with Gasteiger partial charge in [0.1, 0.15) is 0 Å². The Hall–Kier alpha value is -0.350. The molecule has 0 N–H and O–H groups in total. The molecule has 0 aliphatic rings. The quantitative estimate of drug-likeness (QED) is 0.474. The molecule has 0 heterocycles. The van der Waals surface area contributed by atoms with Crippen LogP contribution in [0.5, 0.6) is 0 Å². The molecule has 0 saturated carbocycles. The summed E-state index contributed by atoms with van der Waals surface area (Å²) in [6.07, 6.45) is 10.9. The van der Waals surface area contributed by atoms with Crippen molar-refractivity contribution in [2.24, 2.45) is 5.92 Å². The highest BCUT2D eigenvalue weighted by Gasteiger charge is 2.14. The second kappa shape index (κ2) is 6.20. The Kier molecular flexibility index (Phi) is 6.02. The smallest absolute Gasteiger partial charge is 0.0386 e. The van der Waals surface area contributed by atoms with Crippen LogP contribution in [0, 0.1) is 18.3 Å². The van der Waals surface area contributed by atoms with Crippen molar-refractivity contribution in [3.8, 4) is 12.3 Å². The summed E-state index contributed by atoms with van der Waals surface area (Å²) >= 11 is 1.84. The minimum Gasteiger partial charge on any atom is -0.156 e. The lowest BCUT2D eigenvalue weighted by Crippen LogP contribution is -2.13. The molecule has 0 aliphatic heterocycles. The first kappa shape index (κ1) is 11.6. The third-order valence-electron chi connectivity index (χ3n) is 1.95. The molecule has 0 bridgehead atoms. The van der Waals surface area contributed by atoms with Crippen molar-refractivity contribution in [2.45, 2.75) is 32.4 Å². The lowest BCUT2D eigenvalue weighted by molar-refractivity contribution is 0.758. The van der Waals surface area contributed by atoms with Crippen LogP contribution in [0.1, 0.15) is 27.2 Å². The van der Waals surface area contributed by atoms with E-state index in [-0.39, 0.29) is 0 Å². The van der Waals surface area contributed by atoms with Crippen molar-refractivity contribution in [3.63, 3.8) is 0 Å². The lowest BCUT2D eigenvalue weighted by atomic mass is 10.0. The zero-order valence-corrected chi connectivity index (χ0v) is 9.24. The van der Waals surface area contributed by atoms with Crippen LogP contribution in [0.2, 0.25) is 0 Å². The summed E-state index contributed by atoms with van der Waals surface area (Å²) in [4.78, 5) is 0. The largest absolute Gasteiger partial charge is 0.156 e. The predicted octanol–water partition coefficient (Wildman–Crippen LogP) is 3.34. The average molecular weight is 182 g/mol. The Morgan fingerprint density at radius 3 is 2.58 bits per heavy atom. The highest BCUT2D eigenvalue weighted by atomic mass is 32.2. The minimum absolute atomic E-state index is 0.336. The summed E-state index contributed by atoms with van der Waals surface area (Å²) in [6.45, 7) is 6.42. The molecule has 2 atom stereocenters. The molecule has 0 amide bonds. The minimum atomic E-state index is 0.336. The Labute approximate surface area is 80.8 Å². The first-order chi connectivity index (χ1) is 5.67. The summed E-state index contributed by atoms with van der Waals surface area (Å²) in [5, 5.41) is 0.495. The molecular weight excluding hydrogens is 164 g/mol. The number of hydrogen-bond acceptors (Lipinski definition) is 1. The van der Waals surface area contributed by atoms with E-state index < -0.39 is 0 Å². The molecule has 0 rings (SSSR count). The Morgan fingerprint density at radius 1 is 1.67 bits per heavy atom. The zero-order valence-electron chi connectivity index (χ0n) is 8.42. The molecule has 1 heteroatoms. The molecule has 0 aromatic heterocycles. The summed E-state index contributed by atoms with van der Waals surface area (Å²) in [6, 6.07) is 0. The van der Waals surface area contributed by atoms with E-state index in [1.165, 1.54) is 5.57 Å². The van der Waals surface area contributed by atoms with Gasteiger partial charge in [0.15, 0.2) is 0 Å². The molecule has 0 radical (unpaired) electrons. The van der Waals surface area contributed by atoms with Gasteiger partial charge in [0.2, 0.25) is 0 Å². The van der Waals surface area contributed by atoms with Gasteiger partial charge in [0, 0.05) is 11.2 Å². The molecule has 0 aromatic carbocycles. The van der Waals surface area contributed by atoms with Gasteiger partial charge in [0.25, 0.3) is 0 Å².